The van der Waals surface area contributed by atoms with Crippen molar-refractivity contribution in [1.82, 2.24) is 15.0 Å². The average molecular weight is 420 g/mol. The van der Waals surface area contributed by atoms with E-state index in [4.69, 9.17) is 19.4 Å². The Morgan fingerprint density at radius 3 is 2.93 bits per heavy atom. The highest BCUT2D eigenvalue weighted by Crippen LogP contribution is 2.38. The van der Waals surface area contributed by atoms with Gasteiger partial charge in [-0.25, -0.2) is 14.8 Å². The molecule has 2 aromatic rings. The monoisotopic (exact) mass is 419 g/mol. The summed E-state index contributed by atoms with van der Waals surface area (Å²) in [6.45, 7) is 2.81. The summed E-state index contributed by atoms with van der Waals surface area (Å²) < 4.78 is 11.0. The zero-order chi connectivity index (χ0) is 18.9. The number of thioether (sulfide) groups is 1. The number of rotatable bonds is 5. The number of carbonyl (C=O) groups is 1. The molecule has 28 heavy (non-hydrogen) atoms. The van der Waals surface area contributed by atoms with Crippen LogP contribution in [-0.2, 0) is 15.9 Å². The summed E-state index contributed by atoms with van der Waals surface area (Å²) in [5.41, 5.74) is 3.12. The minimum atomic E-state index is -0.362. The van der Waals surface area contributed by atoms with E-state index < -0.39 is 0 Å². The molecule has 0 radical (unpaired) electrons. The number of nitrogens with zero attached hydrogens (tertiary/aromatic N) is 4. The summed E-state index contributed by atoms with van der Waals surface area (Å²) in [7, 11) is 0. The lowest BCUT2D eigenvalue weighted by atomic mass is 10.1. The highest BCUT2D eigenvalue weighted by molar-refractivity contribution is 7.99. The van der Waals surface area contributed by atoms with Crippen LogP contribution in [0.2, 0.25) is 0 Å². The molecule has 5 heterocycles. The molecule has 0 bridgehead atoms. The number of anilines is 2. The van der Waals surface area contributed by atoms with Gasteiger partial charge in [0.1, 0.15) is 11.9 Å². The SMILES string of the molecule is O=C(OC1CN(c2nc3c(c(NC4CCOCC4)n2)SCC3)C1)c1cscn1. The van der Waals surface area contributed by atoms with Crippen molar-refractivity contribution in [2.45, 2.75) is 36.3 Å². The molecule has 0 aromatic carbocycles. The molecule has 0 unspecified atom stereocenters. The number of aromatic nitrogens is 3. The van der Waals surface area contributed by atoms with E-state index in [1.165, 1.54) is 16.2 Å². The van der Waals surface area contributed by atoms with Crippen LogP contribution < -0.4 is 10.2 Å². The lowest BCUT2D eigenvalue weighted by Gasteiger charge is -2.38. The van der Waals surface area contributed by atoms with E-state index in [1.807, 2.05) is 11.8 Å². The lowest BCUT2D eigenvalue weighted by molar-refractivity contribution is 0.0225. The van der Waals surface area contributed by atoms with Gasteiger partial charge in [-0.2, -0.15) is 4.98 Å². The molecule has 0 aliphatic carbocycles. The lowest BCUT2D eigenvalue weighted by Crippen LogP contribution is -2.53. The predicted molar refractivity (Wildman–Crippen MR) is 107 cm³/mol. The maximum atomic E-state index is 12.0. The molecular formula is C18H21N5O3S2. The number of esters is 1. The molecule has 5 rings (SSSR count). The van der Waals surface area contributed by atoms with Crippen molar-refractivity contribution in [2.24, 2.45) is 0 Å². The van der Waals surface area contributed by atoms with E-state index in [1.54, 1.807) is 10.9 Å². The van der Waals surface area contributed by atoms with Gasteiger partial charge in [-0.1, -0.05) is 0 Å². The van der Waals surface area contributed by atoms with Crippen molar-refractivity contribution >= 4 is 40.8 Å². The second kappa shape index (κ2) is 7.84. The summed E-state index contributed by atoms with van der Waals surface area (Å²) in [4.78, 5) is 28.9. The third kappa shape index (κ3) is 3.68. The fraction of sp³-hybridized carbons (Fsp3) is 0.556. The number of fused-ring (bicyclic) bond motifs is 1. The minimum absolute atomic E-state index is 0.146. The maximum absolute atomic E-state index is 12.0. The predicted octanol–water partition coefficient (Wildman–Crippen LogP) is 2.22. The number of thiazole rings is 1. The maximum Gasteiger partial charge on any atom is 0.358 e. The summed E-state index contributed by atoms with van der Waals surface area (Å²) in [6, 6.07) is 0.394. The molecule has 0 atom stereocenters. The topological polar surface area (TPSA) is 89.5 Å². The van der Waals surface area contributed by atoms with Crippen LogP contribution >= 0.6 is 23.1 Å². The van der Waals surface area contributed by atoms with Gasteiger partial charge < -0.3 is 19.7 Å². The van der Waals surface area contributed by atoms with Crippen LogP contribution in [0.1, 0.15) is 29.0 Å². The van der Waals surface area contributed by atoms with E-state index in [0.717, 1.165) is 55.7 Å². The number of ether oxygens (including phenoxy) is 2. The molecular weight excluding hydrogens is 398 g/mol. The second-order valence-electron chi connectivity index (χ2n) is 7.08. The number of aryl methyl sites for hydroxylation is 1. The molecule has 0 amide bonds. The Kier molecular flexibility index (Phi) is 5.08. The van der Waals surface area contributed by atoms with Gasteiger partial charge in [0.05, 0.1) is 29.2 Å². The summed E-state index contributed by atoms with van der Waals surface area (Å²) >= 11 is 3.21. The van der Waals surface area contributed by atoms with Gasteiger partial charge in [0.2, 0.25) is 5.95 Å². The molecule has 2 aromatic heterocycles. The van der Waals surface area contributed by atoms with Crippen LogP contribution in [0, 0.1) is 0 Å². The Labute approximate surface area is 171 Å². The fourth-order valence-electron chi connectivity index (χ4n) is 3.53. The zero-order valence-corrected chi connectivity index (χ0v) is 16.9. The second-order valence-corrected chi connectivity index (χ2v) is 8.91. The number of hydrogen-bond donors (Lipinski definition) is 1. The smallest absolute Gasteiger partial charge is 0.358 e. The van der Waals surface area contributed by atoms with E-state index in [-0.39, 0.29) is 12.1 Å². The quantitative estimate of drug-likeness (QED) is 0.733. The molecule has 0 saturated carbocycles. The van der Waals surface area contributed by atoms with Crippen LogP contribution in [0.3, 0.4) is 0 Å². The molecule has 3 aliphatic rings. The number of carbonyl (C=O) groups excluding carboxylic acids is 1. The Hall–Kier alpha value is -1.91. The molecule has 0 spiro atoms. The van der Waals surface area contributed by atoms with Crippen LogP contribution in [0.5, 0.6) is 0 Å². The Bertz CT molecular complexity index is 851. The molecule has 148 valence electrons. The van der Waals surface area contributed by atoms with Gasteiger partial charge in [-0.3, -0.25) is 0 Å². The molecule has 10 heteroatoms. The fourth-order valence-corrected chi connectivity index (χ4v) is 5.11. The first kappa shape index (κ1) is 18.1. The first-order chi connectivity index (χ1) is 13.8. The van der Waals surface area contributed by atoms with Crippen molar-refractivity contribution < 1.29 is 14.3 Å². The molecule has 2 saturated heterocycles. The van der Waals surface area contributed by atoms with Gasteiger partial charge in [0.15, 0.2) is 5.69 Å². The Morgan fingerprint density at radius 1 is 1.29 bits per heavy atom. The first-order valence-corrected chi connectivity index (χ1v) is 11.4. The highest BCUT2D eigenvalue weighted by atomic mass is 32.2. The molecule has 2 fully saturated rings. The zero-order valence-electron chi connectivity index (χ0n) is 15.3. The van der Waals surface area contributed by atoms with Crippen molar-refractivity contribution in [1.29, 1.82) is 0 Å². The normalized spacial score (nSPS) is 19.9. The van der Waals surface area contributed by atoms with Crippen LogP contribution in [0.25, 0.3) is 0 Å². The van der Waals surface area contributed by atoms with Crippen molar-refractivity contribution in [3.63, 3.8) is 0 Å². The molecule has 3 aliphatic heterocycles. The molecule has 8 nitrogen and oxygen atoms in total. The van der Waals surface area contributed by atoms with Crippen molar-refractivity contribution in [3.05, 3.63) is 22.3 Å². The van der Waals surface area contributed by atoms with E-state index >= 15 is 0 Å². The average Bonchev–Trinajstić information content (AvgIpc) is 3.36. The third-order valence-electron chi connectivity index (χ3n) is 5.12. The standard InChI is InChI=1S/C18H21N5O3S2/c24-17(14-9-27-10-19-14)26-12-7-23(8-12)18-21-13-3-6-28-15(13)16(22-18)20-11-1-4-25-5-2-11/h9-12H,1-8H2,(H,20,21,22). The number of nitrogens with one attached hydrogen (secondary N) is 1. The van der Waals surface area contributed by atoms with Gasteiger partial charge in [0, 0.05) is 36.8 Å². The first-order valence-electron chi connectivity index (χ1n) is 9.48. The Morgan fingerprint density at radius 2 is 2.14 bits per heavy atom. The highest BCUT2D eigenvalue weighted by Gasteiger charge is 2.34. The summed E-state index contributed by atoms with van der Waals surface area (Å²) in [5, 5.41) is 5.32. The minimum Gasteiger partial charge on any atom is -0.454 e. The van der Waals surface area contributed by atoms with E-state index in [0.29, 0.717) is 24.8 Å². The van der Waals surface area contributed by atoms with Crippen molar-refractivity contribution in [3.8, 4) is 0 Å². The Balaban J connectivity index is 1.26. The van der Waals surface area contributed by atoms with Gasteiger partial charge >= 0.3 is 5.97 Å². The summed E-state index contributed by atoms with van der Waals surface area (Å²) in [5.74, 6) is 2.34. The van der Waals surface area contributed by atoms with E-state index in [2.05, 4.69) is 15.2 Å². The summed E-state index contributed by atoms with van der Waals surface area (Å²) in [6.07, 6.45) is 2.81. The van der Waals surface area contributed by atoms with Crippen LogP contribution in [-0.4, -0.2) is 65.1 Å². The van der Waals surface area contributed by atoms with Crippen LogP contribution in [0.4, 0.5) is 11.8 Å². The molecule has 1 N–H and O–H groups in total. The van der Waals surface area contributed by atoms with Gasteiger partial charge in [-0.05, 0) is 12.8 Å². The number of hydrogen-bond acceptors (Lipinski definition) is 10. The van der Waals surface area contributed by atoms with Crippen molar-refractivity contribution in [2.75, 3.05) is 42.3 Å². The van der Waals surface area contributed by atoms with Gasteiger partial charge in [-0.15, -0.1) is 23.1 Å². The largest absolute Gasteiger partial charge is 0.454 e. The van der Waals surface area contributed by atoms with Crippen LogP contribution in [0.15, 0.2) is 15.8 Å². The van der Waals surface area contributed by atoms with Gasteiger partial charge in [0.25, 0.3) is 0 Å². The van der Waals surface area contributed by atoms with E-state index in [9.17, 15) is 4.79 Å². The third-order valence-corrected chi connectivity index (χ3v) is 6.83.